The second-order valence-electron chi connectivity index (χ2n) is 5.89. The van der Waals surface area contributed by atoms with Crippen molar-refractivity contribution in [2.75, 3.05) is 10.0 Å². The minimum Gasteiger partial charge on any atom is -0.338 e. The summed E-state index contributed by atoms with van der Waals surface area (Å²) in [5, 5.41) is 7.77. The van der Waals surface area contributed by atoms with Gasteiger partial charge in [-0.05, 0) is 50.2 Å². The van der Waals surface area contributed by atoms with Crippen LogP contribution in [0.3, 0.4) is 0 Å². The van der Waals surface area contributed by atoms with Gasteiger partial charge >= 0.3 is 0 Å². The number of rotatable bonds is 6. The van der Waals surface area contributed by atoms with Crippen LogP contribution < -0.4 is 10.0 Å². The first-order valence-corrected chi connectivity index (χ1v) is 9.76. The maximum Gasteiger partial charge on any atom is 0.265 e. The highest BCUT2D eigenvalue weighted by Crippen LogP contribution is 2.26. The SMILES string of the molecule is CC(C)n1cc(S(=O)(=O)Nc2cccnc2Nc2ccc(Cl)cc2)cn1. The van der Waals surface area contributed by atoms with Crippen LogP contribution in [0, 0.1) is 0 Å². The summed E-state index contributed by atoms with van der Waals surface area (Å²) in [7, 11) is -3.78. The molecule has 3 aromatic rings. The van der Waals surface area contributed by atoms with E-state index in [1.54, 1.807) is 47.3 Å². The summed E-state index contributed by atoms with van der Waals surface area (Å²) in [6.45, 7) is 3.85. The Morgan fingerprint density at radius 2 is 1.88 bits per heavy atom. The number of pyridine rings is 1. The normalized spacial score (nSPS) is 11.5. The highest BCUT2D eigenvalue weighted by molar-refractivity contribution is 7.92. The molecule has 7 nitrogen and oxygen atoms in total. The van der Waals surface area contributed by atoms with Gasteiger partial charge in [0.05, 0.1) is 11.9 Å². The molecule has 0 bridgehead atoms. The van der Waals surface area contributed by atoms with E-state index in [0.717, 1.165) is 5.69 Å². The zero-order chi connectivity index (χ0) is 18.7. The van der Waals surface area contributed by atoms with Gasteiger partial charge in [-0.1, -0.05) is 11.6 Å². The Kier molecular flexibility index (Phi) is 5.15. The van der Waals surface area contributed by atoms with Crippen molar-refractivity contribution in [3.8, 4) is 0 Å². The molecule has 2 N–H and O–H groups in total. The van der Waals surface area contributed by atoms with E-state index in [-0.39, 0.29) is 10.9 Å². The lowest BCUT2D eigenvalue weighted by Gasteiger charge is -2.12. The molecule has 0 aliphatic heterocycles. The van der Waals surface area contributed by atoms with Crippen LogP contribution in [-0.4, -0.2) is 23.2 Å². The summed E-state index contributed by atoms with van der Waals surface area (Å²) >= 11 is 5.88. The highest BCUT2D eigenvalue weighted by atomic mass is 35.5. The van der Waals surface area contributed by atoms with Gasteiger partial charge in [-0.25, -0.2) is 13.4 Å². The number of halogens is 1. The van der Waals surface area contributed by atoms with Crippen molar-refractivity contribution >= 4 is 38.8 Å². The molecule has 26 heavy (non-hydrogen) atoms. The van der Waals surface area contributed by atoms with E-state index in [0.29, 0.717) is 16.5 Å². The summed E-state index contributed by atoms with van der Waals surface area (Å²) in [4.78, 5) is 4.31. The van der Waals surface area contributed by atoms with Crippen molar-refractivity contribution < 1.29 is 8.42 Å². The first kappa shape index (κ1) is 18.2. The van der Waals surface area contributed by atoms with Crippen molar-refractivity contribution in [3.63, 3.8) is 0 Å². The predicted molar refractivity (Wildman–Crippen MR) is 102 cm³/mol. The fraction of sp³-hybridized carbons (Fsp3) is 0.176. The number of nitrogens with one attached hydrogen (secondary N) is 2. The smallest absolute Gasteiger partial charge is 0.265 e. The van der Waals surface area contributed by atoms with E-state index in [9.17, 15) is 8.42 Å². The molecule has 0 amide bonds. The second-order valence-corrected chi connectivity index (χ2v) is 8.01. The summed E-state index contributed by atoms with van der Waals surface area (Å²) < 4.78 is 29.4. The number of hydrogen-bond donors (Lipinski definition) is 2. The van der Waals surface area contributed by atoms with Crippen LogP contribution in [0.4, 0.5) is 17.2 Å². The lowest BCUT2D eigenvalue weighted by Crippen LogP contribution is -2.14. The molecule has 0 unspecified atom stereocenters. The minimum absolute atomic E-state index is 0.0690. The number of anilines is 3. The fourth-order valence-corrected chi connectivity index (χ4v) is 3.33. The van der Waals surface area contributed by atoms with E-state index in [1.165, 1.54) is 12.4 Å². The molecular formula is C17H18ClN5O2S. The summed E-state index contributed by atoms with van der Waals surface area (Å²) in [6.07, 6.45) is 4.40. The Morgan fingerprint density at radius 3 is 2.54 bits per heavy atom. The van der Waals surface area contributed by atoms with Gasteiger partial charge in [0.15, 0.2) is 5.82 Å². The largest absolute Gasteiger partial charge is 0.338 e. The average Bonchev–Trinajstić information content (AvgIpc) is 3.10. The van der Waals surface area contributed by atoms with Crippen molar-refractivity contribution in [2.24, 2.45) is 0 Å². The quantitative estimate of drug-likeness (QED) is 0.661. The maximum atomic E-state index is 12.6. The van der Waals surface area contributed by atoms with E-state index >= 15 is 0 Å². The van der Waals surface area contributed by atoms with Gasteiger partial charge in [0, 0.05) is 29.1 Å². The van der Waals surface area contributed by atoms with Gasteiger partial charge in [-0.3, -0.25) is 9.40 Å². The zero-order valence-electron chi connectivity index (χ0n) is 14.2. The molecule has 0 spiro atoms. The Balaban J connectivity index is 1.86. The Morgan fingerprint density at radius 1 is 1.15 bits per heavy atom. The molecule has 0 aliphatic carbocycles. The van der Waals surface area contributed by atoms with Crippen LogP contribution in [0.1, 0.15) is 19.9 Å². The van der Waals surface area contributed by atoms with Crippen molar-refractivity contribution in [1.29, 1.82) is 0 Å². The first-order valence-electron chi connectivity index (χ1n) is 7.90. The van der Waals surface area contributed by atoms with Crippen molar-refractivity contribution in [1.82, 2.24) is 14.8 Å². The molecule has 0 atom stereocenters. The van der Waals surface area contributed by atoms with Crippen LogP contribution in [0.15, 0.2) is 59.9 Å². The Hall–Kier alpha value is -2.58. The molecule has 0 radical (unpaired) electrons. The van der Waals surface area contributed by atoms with Gasteiger partial charge in [0.2, 0.25) is 0 Å². The van der Waals surface area contributed by atoms with Crippen LogP contribution in [0.25, 0.3) is 0 Å². The van der Waals surface area contributed by atoms with Crippen LogP contribution in [-0.2, 0) is 10.0 Å². The summed E-state index contributed by atoms with van der Waals surface area (Å²) in [6, 6.07) is 10.4. The van der Waals surface area contributed by atoms with E-state index in [2.05, 4.69) is 20.1 Å². The molecule has 0 saturated heterocycles. The molecule has 2 heterocycles. The van der Waals surface area contributed by atoms with E-state index in [4.69, 9.17) is 11.6 Å². The maximum absolute atomic E-state index is 12.6. The average molecular weight is 392 g/mol. The zero-order valence-corrected chi connectivity index (χ0v) is 15.8. The number of aromatic nitrogens is 3. The van der Waals surface area contributed by atoms with Gasteiger partial charge < -0.3 is 5.32 Å². The molecule has 0 saturated carbocycles. The number of hydrogen-bond acceptors (Lipinski definition) is 5. The lowest BCUT2D eigenvalue weighted by molar-refractivity contribution is 0.531. The predicted octanol–water partition coefficient (Wildman–Crippen LogP) is 4.06. The standard InChI is InChI=1S/C17H18ClN5O2S/c1-12(2)23-11-15(10-20-23)26(24,25)22-16-4-3-9-19-17(16)21-14-7-5-13(18)6-8-14/h3-12,22H,1-2H3,(H,19,21). The van der Waals surface area contributed by atoms with Gasteiger partial charge in [-0.15, -0.1) is 0 Å². The van der Waals surface area contributed by atoms with Crippen LogP contribution in [0.2, 0.25) is 5.02 Å². The molecule has 0 fully saturated rings. The minimum atomic E-state index is -3.78. The Labute approximate surface area is 157 Å². The highest BCUT2D eigenvalue weighted by Gasteiger charge is 2.19. The topological polar surface area (TPSA) is 88.9 Å². The van der Waals surface area contributed by atoms with E-state index < -0.39 is 10.0 Å². The molecule has 3 rings (SSSR count). The second kappa shape index (κ2) is 7.35. The van der Waals surface area contributed by atoms with Crippen LogP contribution >= 0.6 is 11.6 Å². The van der Waals surface area contributed by atoms with Gasteiger partial charge in [0.25, 0.3) is 10.0 Å². The molecule has 0 aliphatic rings. The molecule has 9 heteroatoms. The van der Waals surface area contributed by atoms with Crippen molar-refractivity contribution in [3.05, 3.63) is 60.0 Å². The third-order valence-electron chi connectivity index (χ3n) is 3.58. The summed E-state index contributed by atoms with van der Waals surface area (Å²) in [5.74, 6) is 0.384. The van der Waals surface area contributed by atoms with Crippen molar-refractivity contribution in [2.45, 2.75) is 24.8 Å². The number of sulfonamides is 1. The Bertz CT molecular complexity index is 1000. The van der Waals surface area contributed by atoms with Gasteiger partial charge in [-0.2, -0.15) is 5.10 Å². The molecule has 2 aromatic heterocycles. The summed E-state index contributed by atoms with van der Waals surface area (Å²) in [5.41, 5.74) is 1.07. The van der Waals surface area contributed by atoms with Gasteiger partial charge in [0.1, 0.15) is 4.90 Å². The van der Waals surface area contributed by atoms with E-state index in [1.807, 2.05) is 13.8 Å². The van der Waals surface area contributed by atoms with Crippen LogP contribution in [0.5, 0.6) is 0 Å². The molecule has 136 valence electrons. The molecule has 1 aromatic carbocycles. The monoisotopic (exact) mass is 391 g/mol. The third-order valence-corrected chi connectivity index (χ3v) is 5.15. The third kappa shape index (κ3) is 4.14. The first-order chi connectivity index (χ1) is 12.3. The lowest BCUT2D eigenvalue weighted by atomic mass is 10.3. The number of nitrogens with zero attached hydrogens (tertiary/aromatic N) is 3. The fourth-order valence-electron chi connectivity index (χ4n) is 2.20. The molecular weight excluding hydrogens is 374 g/mol. The number of benzene rings is 1.